The van der Waals surface area contributed by atoms with Crippen molar-refractivity contribution in [1.82, 2.24) is 4.90 Å². The highest BCUT2D eigenvalue weighted by atomic mass is 32.1. The van der Waals surface area contributed by atoms with E-state index < -0.39 is 0 Å². The van der Waals surface area contributed by atoms with Gasteiger partial charge in [0.2, 0.25) is 0 Å². The number of hydrogen-bond acceptors (Lipinski definition) is 5. The summed E-state index contributed by atoms with van der Waals surface area (Å²) >= 11 is 1.65. The van der Waals surface area contributed by atoms with Crippen LogP contribution < -0.4 is 4.74 Å². The summed E-state index contributed by atoms with van der Waals surface area (Å²) in [7, 11) is 0. The fourth-order valence-electron chi connectivity index (χ4n) is 4.38. The Balaban J connectivity index is 1.42. The van der Waals surface area contributed by atoms with E-state index in [0.29, 0.717) is 6.61 Å². The highest BCUT2D eigenvalue weighted by Gasteiger charge is 2.16. The lowest BCUT2D eigenvalue weighted by Gasteiger charge is -2.26. The van der Waals surface area contributed by atoms with E-state index in [-0.39, 0.29) is 11.5 Å². The largest absolute Gasteiger partial charge is 0.508 e. The molecule has 3 aromatic carbocycles. The molecule has 32 heavy (non-hydrogen) atoms. The number of phenols is 2. The minimum atomic E-state index is 0.250. The molecule has 1 saturated heterocycles. The zero-order chi connectivity index (χ0) is 21.9. The summed E-state index contributed by atoms with van der Waals surface area (Å²) in [6.45, 7) is 4.05. The maximum atomic E-state index is 9.97. The number of rotatable bonds is 6. The maximum Gasteiger partial charge on any atom is 0.119 e. The maximum absolute atomic E-state index is 9.97. The van der Waals surface area contributed by atoms with Gasteiger partial charge < -0.3 is 14.9 Å². The molecule has 0 saturated carbocycles. The van der Waals surface area contributed by atoms with Crippen LogP contribution in [0.15, 0.2) is 66.7 Å². The molecule has 5 heteroatoms. The van der Waals surface area contributed by atoms with Gasteiger partial charge in [0.05, 0.1) is 0 Å². The van der Waals surface area contributed by atoms with Crippen molar-refractivity contribution in [1.29, 1.82) is 0 Å². The van der Waals surface area contributed by atoms with Gasteiger partial charge in [-0.25, -0.2) is 0 Å². The van der Waals surface area contributed by atoms with Gasteiger partial charge in [0, 0.05) is 27.1 Å². The first-order valence-corrected chi connectivity index (χ1v) is 12.0. The number of nitrogens with zero attached hydrogens (tertiary/aromatic N) is 1. The van der Waals surface area contributed by atoms with Crippen molar-refractivity contribution in [2.45, 2.75) is 19.3 Å². The van der Waals surface area contributed by atoms with Crippen molar-refractivity contribution < 1.29 is 14.9 Å². The number of phenolic OH excluding ortho intramolecular Hbond substituents is 2. The van der Waals surface area contributed by atoms with E-state index in [0.717, 1.165) is 43.9 Å². The molecule has 4 nitrogen and oxygen atoms in total. The number of likely N-dealkylation sites (tertiary alicyclic amines) is 1. The van der Waals surface area contributed by atoms with E-state index in [1.54, 1.807) is 29.5 Å². The number of piperidine rings is 1. The fourth-order valence-corrected chi connectivity index (χ4v) is 5.64. The molecule has 2 heterocycles. The minimum Gasteiger partial charge on any atom is -0.508 e. The predicted molar refractivity (Wildman–Crippen MR) is 132 cm³/mol. The van der Waals surface area contributed by atoms with Crippen LogP contribution in [0.4, 0.5) is 0 Å². The second-order valence-electron chi connectivity index (χ2n) is 8.31. The highest BCUT2D eigenvalue weighted by Crippen LogP contribution is 2.46. The zero-order valence-corrected chi connectivity index (χ0v) is 18.8. The summed E-state index contributed by atoms with van der Waals surface area (Å²) in [5, 5.41) is 20.8. The van der Waals surface area contributed by atoms with Crippen LogP contribution in [-0.4, -0.2) is 41.4 Å². The van der Waals surface area contributed by atoms with Crippen molar-refractivity contribution in [3.05, 3.63) is 66.7 Å². The number of benzene rings is 3. The van der Waals surface area contributed by atoms with Crippen molar-refractivity contribution in [3.8, 4) is 38.8 Å². The molecule has 1 aliphatic rings. The van der Waals surface area contributed by atoms with Gasteiger partial charge in [-0.15, -0.1) is 11.3 Å². The van der Waals surface area contributed by atoms with Crippen molar-refractivity contribution in [2.75, 3.05) is 26.2 Å². The average molecular weight is 446 g/mol. The number of fused-ring (bicyclic) bond motifs is 1. The number of aromatic hydroxyl groups is 2. The molecule has 164 valence electrons. The molecule has 0 bridgehead atoms. The molecule has 2 N–H and O–H groups in total. The van der Waals surface area contributed by atoms with Gasteiger partial charge in [0.15, 0.2) is 0 Å². The number of thiophene rings is 1. The molecule has 0 atom stereocenters. The molecular formula is C27H27NO3S. The van der Waals surface area contributed by atoms with Crippen molar-refractivity contribution in [2.24, 2.45) is 0 Å². The lowest BCUT2D eigenvalue weighted by Crippen LogP contribution is -2.33. The molecule has 1 fully saturated rings. The number of hydrogen-bond donors (Lipinski definition) is 2. The third-order valence-electron chi connectivity index (χ3n) is 6.07. The van der Waals surface area contributed by atoms with E-state index in [2.05, 4.69) is 17.0 Å². The van der Waals surface area contributed by atoms with Gasteiger partial charge >= 0.3 is 0 Å². The monoisotopic (exact) mass is 445 g/mol. The average Bonchev–Trinajstić information content (AvgIpc) is 3.19. The Kier molecular flexibility index (Phi) is 6.02. The van der Waals surface area contributed by atoms with Crippen LogP contribution in [0.2, 0.25) is 0 Å². The Labute approximate surface area is 192 Å². The smallest absolute Gasteiger partial charge is 0.119 e. The van der Waals surface area contributed by atoms with Crippen LogP contribution in [-0.2, 0) is 0 Å². The molecule has 0 spiro atoms. The molecule has 1 aliphatic heterocycles. The standard InChI is InChI=1S/C27H27NO3S/c29-21-8-4-20(5-9-21)27-26(24-13-10-22(30)18-25(24)32-27)19-6-11-23(12-7-19)31-17-16-28-14-2-1-3-15-28/h4-13,18,29-30H,1-3,14-17H2. The Morgan fingerprint density at radius 3 is 2.22 bits per heavy atom. The van der Waals surface area contributed by atoms with Gasteiger partial charge in [-0.2, -0.15) is 0 Å². The Bertz CT molecular complexity index is 1190. The summed E-state index contributed by atoms with van der Waals surface area (Å²) < 4.78 is 7.04. The predicted octanol–water partition coefficient (Wildman–Crippen LogP) is 6.51. The van der Waals surface area contributed by atoms with Crippen molar-refractivity contribution in [3.63, 3.8) is 0 Å². The van der Waals surface area contributed by atoms with E-state index in [4.69, 9.17) is 4.74 Å². The van der Waals surface area contributed by atoms with Crippen LogP contribution in [0.5, 0.6) is 17.2 Å². The lowest BCUT2D eigenvalue weighted by atomic mass is 9.98. The SMILES string of the molecule is Oc1ccc(-c2sc3cc(O)ccc3c2-c2ccc(OCCN3CCCCC3)cc2)cc1. The van der Waals surface area contributed by atoms with Crippen LogP contribution in [0, 0.1) is 0 Å². The minimum absolute atomic E-state index is 0.250. The quantitative estimate of drug-likeness (QED) is 0.355. The molecule has 4 aromatic rings. The molecule has 0 unspecified atom stereocenters. The second-order valence-corrected chi connectivity index (χ2v) is 9.36. The Morgan fingerprint density at radius 1 is 0.781 bits per heavy atom. The summed E-state index contributed by atoms with van der Waals surface area (Å²) in [6.07, 6.45) is 3.94. The topological polar surface area (TPSA) is 52.9 Å². The zero-order valence-electron chi connectivity index (χ0n) is 18.0. The summed E-state index contributed by atoms with van der Waals surface area (Å²) in [6, 6.07) is 21.1. The van der Waals surface area contributed by atoms with Crippen molar-refractivity contribution >= 4 is 21.4 Å². The number of ether oxygens (including phenoxy) is 1. The van der Waals surface area contributed by atoms with E-state index in [1.807, 2.05) is 36.4 Å². The van der Waals surface area contributed by atoms with E-state index in [1.165, 1.54) is 32.4 Å². The van der Waals surface area contributed by atoms with Gasteiger partial charge in [-0.3, -0.25) is 4.90 Å². The second kappa shape index (κ2) is 9.23. The van der Waals surface area contributed by atoms with Crippen LogP contribution in [0.3, 0.4) is 0 Å². The first-order valence-electron chi connectivity index (χ1n) is 11.2. The van der Waals surface area contributed by atoms with Gasteiger partial charge in [0.25, 0.3) is 0 Å². The first-order chi connectivity index (χ1) is 15.7. The van der Waals surface area contributed by atoms with E-state index >= 15 is 0 Å². The molecule has 1 aromatic heterocycles. The van der Waals surface area contributed by atoms with Gasteiger partial charge in [-0.05, 0) is 91.7 Å². The molecule has 0 amide bonds. The molecule has 0 radical (unpaired) electrons. The third-order valence-corrected chi connectivity index (χ3v) is 7.27. The van der Waals surface area contributed by atoms with Crippen LogP contribution >= 0.6 is 11.3 Å². The summed E-state index contributed by atoms with van der Waals surface area (Å²) in [5.41, 5.74) is 3.28. The van der Waals surface area contributed by atoms with Gasteiger partial charge in [-0.1, -0.05) is 18.6 Å². The molecular weight excluding hydrogens is 418 g/mol. The normalized spacial score (nSPS) is 14.6. The Hall–Kier alpha value is -3.02. The van der Waals surface area contributed by atoms with Gasteiger partial charge in [0.1, 0.15) is 23.9 Å². The molecule has 5 rings (SSSR count). The van der Waals surface area contributed by atoms with E-state index in [9.17, 15) is 10.2 Å². The lowest BCUT2D eigenvalue weighted by molar-refractivity contribution is 0.183. The summed E-state index contributed by atoms with van der Waals surface area (Å²) in [5.74, 6) is 1.40. The summed E-state index contributed by atoms with van der Waals surface area (Å²) in [4.78, 5) is 3.60. The third kappa shape index (κ3) is 4.45. The van der Waals surface area contributed by atoms with Crippen LogP contribution in [0.1, 0.15) is 19.3 Å². The van der Waals surface area contributed by atoms with Crippen LogP contribution in [0.25, 0.3) is 31.7 Å². The highest BCUT2D eigenvalue weighted by molar-refractivity contribution is 7.23. The first kappa shape index (κ1) is 20.9. The molecule has 0 aliphatic carbocycles. The Morgan fingerprint density at radius 2 is 1.47 bits per heavy atom. The fraction of sp³-hybridized carbons (Fsp3) is 0.259.